The van der Waals surface area contributed by atoms with Gasteiger partial charge < -0.3 is 0 Å². The third-order valence-corrected chi connectivity index (χ3v) is 5.90. The van der Waals surface area contributed by atoms with Crippen LogP contribution in [0.2, 0.25) is 0 Å². The molecule has 1 aliphatic heterocycles. The van der Waals surface area contributed by atoms with Gasteiger partial charge in [0.15, 0.2) is 5.03 Å². The van der Waals surface area contributed by atoms with Crippen molar-refractivity contribution in [2.24, 2.45) is 0 Å². The van der Waals surface area contributed by atoms with Crippen LogP contribution in [0.15, 0.2) is 53.8 Å². The van der Waals surface area contributed by atoms with Crippen LogP contribution in [-0.4, -0.2) is 23.6 Å². The third-order valence-electron chi connectivity index (χ3n) is 4.10. The predicted octanol–water partition coefficient (Wildman–Crippen LogP) is 2.88. The number of hydrogen-bond donors (Lipinski definition) is 1. The number of anilines is 1. The summed E-state index contributed by atoms with van der Waals surface area (Å²) < 4.78 is 41.2. The molecule has 24 heavy (non-hydrogen) atoms. The number of halogens is 1. The number of aromatic nitrogens is 3. The van der Waals surface area contributed by atoms with Gasteiger partial charge in [0.05, 0.1) is 23.6 Å². The number of hydrogen-bond acceptors (Lipinski definition) is 4. The normalized spacial score (nSPS) is 16.6. The molecule has 3 aromatic rings. The highest BCUT2D eigenvalue weighted by atomic mass is 32.2. The zero-order valence-corrected chi connectivity index (χ0v) is 13.5. The molecule has 1 aromatic carbocycles. The molecular weight excluding hydrogens is 331 g/mol. The number of sulfonamides is 1. The standard InChI is InChI=1S/C16H13FN4O2S/c1-10-13-9-19-20-16(13)12-8-11(17)5-6-14(12)21(10)24(22,23)15-4-2-3-7-18-15/h2-10H,1H3,(H,19,20). The van der Waals surface area contributed by atoms with Crippen LogP contribution in [0.1, 0.15) is 18.5 Å². The molecule has 8 heteroatoms. The molecule has 0 saturated heterocycles. The summed E-state index contributed by atoms with van der Waals surface area (Å²) in [5, 5.41) is 6.76. The van der Waals surface area contributed by atoms with Gasteiger partial charge in [-0.05, 0) is 37.3 Å². The van der Waals surface area contributed by atoms with Crippen LogP contribution in [0.3, 0.4) is 0 Å². The second kappa shape index (κ2) is 5.13. The van der Waals surface area contributed by atoms with E-state index in [9.17, 15) is 12.8 Å². The maximum Gasteiger partial charge on any atom is 0.282 e. The largest absolute Gasteiger partial charge is 0.282 e. The minimum atomic E-state index is -3.90. The number of pyridine rings is 1. The van der Waals surface area contributed by atoms with E-state index in [-0.39, 0.29) is 5.03 Å². The SMILES string of the molecule is CC1c2cn[nH]c2-c2cc(F)ccc2N1S(=O)(=O)c1ccccn1. The van der Waals surface area contributed by atoms with Crippen molar-refractivity contribution in [3.05, 3.63) is 60.2 Å². The van der Waals surface area contributed by atoms with Crippen molar-refractivity contribution >= 4 is 15.7 Å². The second-order valence-electron chi connectivity index (χ2n) is 5.51. The van der Waals surface area contributed by atoms with Gasteiger partial charge in [0.1, 0.15) is 5.82 Å². The van der Waals surface area contributed by atoms with Crippen LogP contribution >= 0.6 is 0 Å². The molecule has 0 spiro atoms. The molecular formula is C16H13FN4O2S. The topological polar surface area (TPSA) is 79.0 Å². The Morgan fingerprint density at radius 3 is 2.83 bits per heavy atom. The zero-order valence-electron chi connectivity index (χ0n) is 12.6. The van der Waals surface area contributed by atoms with E-state index in [0.29, 0.717) is 22.5 Å². The summed E-state index contributed by atoms with van der Waals surface area (Å²) in [6.07, 6.45) is 2.99. The maximum atomic E-state index is 13.7. The fourth-order valence-corrected chi connectivity index (χ4v) is 4.60. The highest BCUT2D eigenvalue weighted by molar-refractivity contribution is 7.92. The van der Waals surface area contributed by atoms with E-state index in [1.165, 1.54) is 34.8 Å². The number of benzene rings is 1. The first-order valence-corrected chi connectivity index (χ1v) is 8.73. The Hall–Kier alpha value is -2.74. The van der Waals surface area contributed by atoms with Gasteiger partial charge in [-0.15, -0.1) is 0 Å². The molecule has 0 fully saturated rings. The fourth-order valence-electron chi connectivity index (χ4n) is 3.00. The summed E-state index contributed by atoms with van der Waals surface area (Å²) in [6, 6.07) is 8.22. The molecule has 0 saturated carbocycles. The van der Waals surface area contributed by atoms with Crippen molar-refractivity contribution in [1.29, 1.82) is 0 Å². The molecule has 2 aromatic heterocycles. The van der Waals surface area contributed by atoms with Crippen LogP contribution in [-0.2, 0) is 10.0 Å². The fraction of sp³-hybridized carbons (Fsp3) is 0.125. The molecule has 122 valence electrons. The first-order chi connectivity index (χ1) is 11.5. The monoisotopic (exact) mass is 344 g/mol. The Kier molecular flexibility index (Phi) is 3.17. The van der Waals surface area contributed by atoms with Crippen molar-refractivity contribution in [3.8, 4) is 11.3 Å². The summed E-state index contributed by atoms with van der Waals surface area (Å²) in [5.74, 6) is -0.445. The molecule has 1 atom stereocenters. The van der Waals surface area contributed by atoms with Gasteiger partial charge in [-0.2, -0.15) is 13.5 Å². The van der Waals surface area contributed by atoms with Crippen LogP contribution in [0.4, 0.5) is 10.1 Å². The number of H-pyrrole nitrogens is 1. The molecule has 4 rings (SSSR count). The summed E-state index contributed by atoms with van der Waals surface area (Å²) in [4.78, 5) is 3.97. The quantitative estimate of drug-likeness (QED) is 0.775. The first-order valence-electron chi connectivity index (χ1n) is 7.29. The van der Waals surface area contributed by atoms with E-state index >= 15 is 0 Å². The predicted molar refractivity (Wildman–Crippen MR) is 86.3 cm³/mol. The molecule has 0 aliphatic carbocycles. The Bertz CT molecular complexity index is 1020. The molecule has 6 nitrogen and oxygen atoms in total. The van der Waals surface area contributed by atoms with E-state index in [0.717, 1.165) is 0 Å². The molecule has 1 unspecified atom stereocenters. The lowest BCUT2D eigenvalue weighted by atomic mass is 9.97. The lowest BCUT2D eigenvalue weighted by Crippen LogP contribution is -2.36. The van der Waals surface area contributed by atoms with Crippen LogP contribution < -0.4 is 4.31 Å². The molecule has 1 N–H and O–H groups in total. The van der Waals surface area contributed by atoms with Gasteiger partial charge >= 0.3 is 0 Å². The van der Waals surface area contributed by atoms with Crippen molar-refractivity contribution in [1.82, 2.24) is 15.2 Å². The van der Waals surface area contributed by atoms with Crippen molar-refractivity contribution in [2.45, 2.75) is 18.0 Å². The maximum absolute atomic E-state index is 13.7. The van der Waals surface area contributed by atoms with Crippen LogP contribution in [0.25, 0.3) is 11.3 Å². The molecule has 0 radical (unpaired) electrons. The number of nitrogens with zero attached hydrogens (tertiary/aromatic N) is 3. The lowest BCUT2D eigenvalue weighted by Gasteiger charge is -2.35. The van der Waals surface area contributed by atoms with Gasteiger partial charge in [-0.25, -0.2) is 9.37 Å². The average molecular weight is 344 g/mol. The molecule has 1 aliphatic rings. The summed E-state index contributed by atoms with van der Waals surface area (Å²) in [5.41, 5.74) is 2.17. The molecule has 3 heterocycles. The van der Waals surface area contributed by atoms with Gasteiger partial charge in [0.25, 0.3) is 10.0 Å². The Morgan fingerprint density at radius 2 is 2.08 bits per heavy atom. The summed E-state index contributed by atoms with van der Waals surface area (Å²) >= 11 is 0. The summed E-state index contributed by atoms with van der Waals surface area (Å²) in [7, 11) is -3.90. The van der Waals surface area contributed by atoms with E-state index in [1.807, 2.05) is 0 Å². The van der Waals surface area contributed by atoms with Crippen LogP contribution in [0, 0.1) is 5.82 Å². The molecule has 0 bridgehead atoms. The van der Waals surface area contributed by atoms with Gasteiger partial charge in [-0.3, -0.25) is 9.40 Å². The van der Waals surface area contributed by atoms with Gasteiger partial charge in [-0.1, -0.05) is 6.07 Å². The number of aromatic amines is 1. The van der Waals surface area contributed by atoms with Crippen molar-refractivity contribution in [3.63, 3.8) is 0 Å². The minimum absolute atomic E-state index is 0.0564. The summed E-state index contributed by atoms with van der Waals surface area (Å²) in [6.45, 7) is 1.77. The molecule has 0 amide bonds. The lowest BCUT2D eigenvalue weighted by molar-refractivity contribution is 0.578. The number of nitrogens with one attached hydrogen (secondary N) is 1. The number of rotatable bonds is 2. The smallest absolute Gasteiger partial charge is 0.277 e. The third kappa shape index (κ3) is 2.03. The van der Waals surface area contributed by atoms with Crippen molar-refractivity contribution in [2.75, 3.05) is 4.31 Å². The zero-order chi connectivity index (χ0) is 16.9. The minimum Gasteiger partial charge on any atom is -0.277 e. The first kappa shape index (κ1) is 14.8. The van der Waals surface area contributed by atoms with Crippen LogP contribution in [0.5, 0.6) is 0 Å². The van der Waals surface area contributed by atoms with E-state index in [2.05, 4.69) is 15.2 Å². The number of fused-ring (bicyclic) bond motifs is 3. The van der Waals surface area contributed by atoms with E-state index in [1.54, 1.807) is 25.3 Å². The average Bonchev–Trinajstić information content (AvgIpc) is 3.07. The van der Waals surface area contributed by atoms with Gasteiger partial charge in [0, 0.05) is 17.3 Å². The Morgan fingerprint density at radius 1 is 1.25 bits per heavy atom. The Balaban J connectivity index is 1.98. The Labute approximate surface area is 138 Å². The van der Waals surface area contributed by atoms with E-state index < -0.39 is 21.9 Å². The van der Waals surface area contributed by atoms with E-state index in [4.69, 9.17) is 0 Å². The van der Waals surface area contributed by atoms with Gasteiger partial charge in [0.2, 0.25) is 0 Å². The second-order valence-corrected chi connectivity index (χ2v) is 7.27. The van der Waals surface area contributed by atoms with Crippen molar-refractivity contribution < 1.29 is 12.8 Å². The highest BCUT2D eigenvalue weighted by Crippen LogP contribution is 2.46. The highest BCUT2D eigenvalue weighted by Gasteiger charge is 2.38.